The maximum absolute atomic E-state index is 2.86. The van der Waals surface area contributed by atoms with Gasteiger partial charge in [0.1, 0.15) is 0 Å². The SMILES string of the molecule is F.c1cc[nH]c1.c1ccsc1. The zero-order valence-electron chi connectivity index (χ0n) is 5.94. The molecule has 0 spiro atoms. The molecule has 0 aliphatic rings. The van der Waals surface area contributed by atoms with Gasteiger partial charge in [0.25, 0.3) is 0 Å². The third-order valence-corrected chi connectivity index (χ3v) is 1.55. The molecule has 0 aromatic carbocycles. The van der Waals surface area contributed by atoms with Crippen molar-refractivity contribution >= 4 is 11.3 Å². The maximum Gasteiger partial charge on any atom is 0.000496 e. The largest absolute Gasteiger partial charge is 0.368 e. The van der Waals surface area contributed by atoms with E-state index in [1.807, 2.05) is 47.4 Å². The molecule has 0 aliphatic heterocycles. The van der Waals surface area contributed by atoms with Crippen LogP contribution >= 0.6 is 11.3 Å². The summed E-state index contributed by atoms with van der Waals surface area (Å²) < 4.78 is 0. The second kappa shape index (κ2) is 7.02. The lowest BCUT2D eigenvalue weighted by Gasteiger charge is -1.49. The van der Waals surface area contributed by atoms with Gasteiger partial charge in [0.05, 0.1) is 0 Å². The number of aromatic nitrogens is 1. The number of aromatic amines is 1. The summed E-state index contributed by atoms with van der Waals surface area (Å²) in [5.41, 5.74) is 0. The fourth-order valence-corrected chi connectivity index (χ4v) is 0.958. The minimum Gasteiger partial charge on any atom is -0.368 e. The Morgan fingerprint density at radius 3 is 1.55 bits per heavy atom. The van der Waals surface area contributed by atoms with Gasteiger partial charge < -0.3 is 4.98 Å². The Hall–Kier alpha value is -1.09. The predicted molar refractivity (Wildman–Crippen MR) is 47.6 cm³/mol. The molecule has 0 amide bonds. The van der Waals surface area contributed by atoms with Gasteiger partial charge in [0, 0.05) is 12.4 Å². The van der Waals surface area contributed by atoms with E-state index in [1.54, 1.807) is 11.3 Å². The fraction of sp³-hybridized carbons (Fsp3) is 0. The highest BCUT2D eigenvalue weighted by Crippen LogP contribution is 1.91. The van der Waals surface area contributed by atoms with Crippen molar-refractivity contribution in [2.24, 2.45) is 0 Å². The highest BCUT2D eigenvalue weighted by Gasteiger charge is 1.58. The minimum absolute atomic E-state index is 0. The van der Waals surface area contributed by atoms with E-state index in [0.717, 1.165) is 0 Å². The van der Waals surface area contributed by atoms with E-state index in [2.05, 4.69) is 4.98 Å². The van der Waals surface area contributed by atoms with Gasteiger partial charge in [-0.15, -0.1) is 0 Å². The van der Waals surface area contributed by atoms with Crippen molar-refractivity contribution in [3.05, 3.63) is 47.4 Å². The van der Waals surface area contributed by atoms with Gasteiger partial charge in [-0.2, -0.15) is 11.3 Å². The van der Waals surface area contributed by atoms with E-state index in [-0.39, 0.29) is 4.70 Å². The zero-order valence-corrected chi connectivity index (χ0v) is 6.75. The number of H-pyrrole nitrogens is 1. The summed E-state index contributed by atoms with van der Waals surface area (Å²) in [5, 5.41) is 4.08. The molecule has 0 atom stereocenters. The standard InChI is InChI=1S/C4H5N.C4H4S.FH/c2*1-2-4-5-3-1;/h1-5H;1-4H;1H. The second-order valence-corrected chi connectivity index (χ2v) is 2.49. The molecule has 2 aromatic rings. The van der Waals surface area contributed by atoms with E-state index in [4.69, 9.17) is 0 Å². The molecule has 0 aliphatic carbocycles. The first-order valence-electron chi connectivity index (χ1n) is 3.05. The molecule has 0 unspecified atom stereocenters. The zero-order chi connectivity index (χ0) is 7.07. The molecule has 60 valence electrons. The van der Waals surface area contributed by atoms with Crippen molar-refractivity contribution in [3.63, 3.8) is 0 Å². The van der Waals surface area contributed by atoms with Crippen LogP contribution in [0.25, 0.3) is 0 Å². The van der Waals surface area contributed by atoms with Crippen LogP contribution < -0.4 is 0 Å². The van der Waals surface area contributed by atoms with Gasteiger partial charge in [-0.3, -0.25) is 4.70 Å². The summed E-state index contributed by atoms with van der Waals surface area (Å²) in [7, 11) is 0. The summed E-state index contributed by atoms with van der Waals surface area (Å²) >= 11 is 1.71. The van der Waals surface area contributed by atoms with Crippen LogP contribution in [0.3, 0.4) is 0 Å². The number of hydrogen-bond acceptors (Lipinski definition) is 1. The third-order valence-electron chi connectivity index (χ3n) is 0.921. The van der Waals surface area contributed by atoms with Gasteiger partial charge in [-0.05, 0) is 22.9 Å². The number of halogens is 1. The van der Waals surface area contributed by atoms with Crippen LogP contribution in [-0.4, -0.2) is 4.98 Å². The van der Waals surface area contributed by atoms with E-state index in [0.29, 0.717) is 0 Å². The Kier molecular flexibility index (Phi) is 6.33. The average molecular weight is 171 g/mol. The van der Waals surface area contributed by atoms with Crippen molar-refractivity contribution < 1.29 is 4.70 Å². The monoisotopic (exact) mass is 171 g/mol. The molecular formula is C8H10FNS. The van der Waals surface area contributed by atoms with Crippen LogP contribution in [0.1, 0.15) is 0 Å². The highest BCUT2D eigenvalue weighted by atomic mass is 32.1. The number of rotatable bonds is 0. The van der Waals surface area contributed by atoms with Crippen molar-refractivity contribution in [3.8, 4) is 0 Å². The molecule has 2 rings (SSSR count). The van der Waals surface area contributed by atoms with Crippen LogP contribution in [0.2, 0.25) is 0 Å². The topological polar surface area (TPSA) is 15.8 Å². The lowest BCUT2D eigenvalue weighted by Crippen LogP contribution is -1.38. The minimum atomic E-state index is 0. The smallest absolute Gasteiger partial charge is 0.000496 e. The summed E-state index contributed by atoms with van der Waals surface area (Å²) in [5.74, 6) is 0. The molecule has 3 heteroatoms. The van der Waals surface area contributed by atoms with E-state index in [1.165, 1.54) is 0 Å². The highest BCUT2D eigenvalue weighted by molar-refractivity contribution is 7.07. The Balaban J connectivity index is 0.000000167. The van der Waals surface area contributed by atoms with Gasteiger partial charge in [0.15, 0.2) is 0 Å². The van der Waals surface area contributed by atoms with Crippen molar-refractivity contribution in [1.82, 2.24) is 4.98 Å². The Labute approximate surface area is 69.1 Å². The summed E-state index contributed by atoms with van der Waals surface area (Å²) in [6, 6.07) is 7.93. The molecule has 2 aromatic heterocycles. The Bertz CT molecular complexity index is 153. The van der Waals surface area contributed by atoms with Crippen molar-refractivity contribution in [2.75, 3.05) is 0 Å². The number of nitrogens with one attached hydrogen (secondary N) is 1. The predicted octanol–water partition coefficient (Wildman–Crippen LogP) is 2.92. The van der Waals surface area contributed by atoms with E-state index in [9.17, 15) is 0 Å². The molecular weight excluding hydrogens is 161 g/mol. The molecule has 0 saturated heterocycles. The lowest BCUT2D eigenvalue weighted by molar-refractivity contribution is 1.11. The van der Waals surface area contributed by atoms with Gasteiger partial charge >= 0.3 is 0 Å². The van der Waals surface area contributed by atoms with Gasteiger partial charge in [-0.25, -0.2) is 0 Å². The van der Waals surface area contributed by atoms with E-state index >= 15 is 0 Å². The second-order valence-electron chi connectivity index (χ2n) is 1.68. The number of hydrogen-bond donors (Lipinski definition) is 1. The summed E-state index contributed by atoms with van der Waals surface area (Å²) in [6.45, 7) is 0. The third kappa shape index (κ3) is 5.36. The Morgan fingerprint density at radius 2 is 1.36 bits per heavy atom. The molecule has 0 fully saturated rings. The van der Waals surface area contributed by atoms with Crippen LogP contribution in [-0.2, 0) is 0 Å². The van der Waals surface area contributed by atoms with Crippen molar-refractivity contribution in [2.45, 2.75) is 0 Å². The van der Waals surface area contributed by atoms with Crippen LogP contribution in [0, 0.1) is 0 Å². The molecule has 11 heavy (non-hydrogen) atoms. The van der Waals surface area contributed by atoms with Gasteiger partial charge in [-0.1, -0.05) is 12.1 Å². The van der Waals surface area contributed by atoms with Crippen LogP contribution in [0.15, 0.2) is 47.4 Å². The quantitative estimate of drug-likeness (QED) is 0.627. The molecule has 1 N–H and O–H groups in total. The molecule has 1 nitrogen and oxygen atoms in total. The maximum atomic E-state index is 2.86. The first kappa shape index (κ1) is 9.91. The normalized spacial score (nSPS) is 7.27. The molecule has 0 radical (unpaired) electrons. The average Bonchev–Trinajstić information content (AvgIpc) is 2.67. The van der Waals surface area contributed by atoms with Crippen LogP contribution in [0.5, 0.6) is 0 Å². The van der Waals surface area contributed by atoms with Crippen molar-refractivity contribution in [1.29, 1.82) is 0 Å². The van der Waals surface area contributed by atoms with Crippen LogP contribution in [0.4, 0.5) is 4.70 Å². The van der Waals surface area contributed by atoms with E-state index < -0.39 is 0 Å². The molecule has 0 saturated carbocycles. The number of thiophene rings is 1. The first-order chi connectivity index (χ1) is 5.00. The first-order valence-corrected chi connectivity index (χ1v) is 3.99. The lowest BCUT2D eigenvalue weighted by atomic mass is 10.7. The summed E-state index contributed by atoms with van der Waals surface area (Å²) in [6.07, 6.45) is 3.75. The Morgan fingerprint density at radius 1 is 0.818 bits per heavy atom. The summed E-state index contributed by atoms with van der Waals surface area (Å²) in [4.78, 5) is 2.86. The molecule has 0 bridgehead atoms. The van der Waals surface area contributed by atoms with Gasteiger partial charge in [0.2, 0.25) is 0 Å². The fourth-order valence-electron chi connectivity index (χ4n) is 0.505. The molecule has 2 heterocycles.